The van der Waals surface area contributed by atoms with Gasteiger partial charge in [-0.3, -0.25) is 0 Å². The van der Waals surface area contributed by atoms with Gasteiger partial charge in [-0.05, 0) is 32.6 Å². The zero-order valence-corrected chi connectivity index (χ0v) is 12.3. The molecule has 7 nitrogen and oxygen atoms in total. The summed E-state index contributed by atoms with van der Waals surface area (Å²) in [4.78, 5) is 12.7. The first-order chi connectivity index (χ1) is 9.67. The quantitative estimate of drug-likeness (QED) is 0.784. The molecule has 0 spiro atoms. The fraction of sp³-hybridized carbons (Fsp3) is 0.769. The summed E-state index contributed by atoms with van der Waals surface area (Å²) in [6, 6.07) is 0.339. The van der Waals surface area contributed by atoms with Crippen molar-refractivity contribution in [2.45, 2.75) is 32.8 Å². The van der Waals surface area contributed by atoms with Gasteiger partial charge in [0.1, 0.15) is 0 Å². The van der Waals surface area contributed by atoms with Crippen LogP contribution in [0.2, 0.25) is 0 Å². The Kier molecular flexibility index (Phi) is 5.34. The van der Waals surface area contributed by atoms with Crippen LogP contribution in [0.5, 0.6) is 6.01 Å². The lowest BCUT2D eigenvalue weighted by molar-refractivity contribution is 0.185. The Labute approximate surface area is 119 Å². The van der Waals surface area contributed by atoms with Gasteiger partial charge in [0, 0.05) is 26.8 Å². The van der Waals surface area contributed by atoms with Gasteiger partial charge in [0.15, 0.2) is 0 Å². The number of rotatable bonds is 7. The van der Waals surface area contributed by atoms with Crippen molar-refractivity contribution in [2.75, 3.05) is 37.4 Å². The maximum atomic E-state index is 5.51. The average molecular weight is 281 g/mol. The number of nitrogens with one attached hydrogen (secondary N) is 2. The number of ether oxygens (including phenoxy) is 2. The molecule has 1 aromatic heterocycles. The fourth-order valence-electron chi connectivity index (χ4n) is 2.01. The Hall–Kier alpha value is -1.63. The van der Waals surface area contributed by atoms with Crippen LogP contribution < -0.4 is 15.4 Å². The van der Waals surface area contributed by atoms with E-state index in [1.807, 2.05) is 13.8 Å². The third-order valence-electron chi connectivity index (χ3n) is 3.04. The monoisotopic (exact) mass is 281 g/mol. The summed E-state index contributed by atoms with van der Waals surface area (Å²) in [6.45, 7) is 6.45. The largest absolute Gasteiger partial charge is 0.461 e. The highest BCUT2D eigenvalue weighted by atomic mass is 16.5. The van der Waals surface area contributed by atoms with Gasteiger partial charge in [-0.1, -0.05) is 0 Å². The summed E-state index contributed by atoms with van der Waals surface area (Å²) in [5.41, 5.74) is 0. The van der Waals surface area contributed by atoms with Gasteiger partial charge in [-0.25, -0.2) is 0 Å². The Morgan fingerprint density at radius 3 is 2.75 bits per heavy atom. The number of nitrogens with zero attached hydrogens (tertiary/aromatic N) is 3. The molecule has 0 saturated carbocycles. The highest BCUT2D eigenvalue weighted by Crippen LogP contribution is 2.17. The second kappa shape index (κ2) is 7.23. The first-order valence-corrected chi connectivity index (χ1v) is 7.09. The van der Waals surface area contributed by atoms with Crippen molar-refractivity contribution < 1.29 is 9.47 Å². The lowest BCUT2D eigenvalue weighted by Gasteiger charge is -2.12. The third kappa shape index (κ3) is 4.48. The molecule has 2 heterocycles. The molecule has 20 heavy (non-hydrogen) atoms. The Bertz CT molecular complexity index is 421. The van der Waals surface area contributed by atoms with Crippen LogP contribution in [0.3, 0.4) is 0 Å². The molecule has 1 atom stereocenters. The van der Waals surface area contributed by atoms with Crippen molar-refractivity contribution in [2.24, 2.45) is 5.92 Å². The fourth-order valence-corrected chi connectivity index (χ4v) is 2.01. The molecule has 7 heteroatoms. The summed E-state index contributed by atoms with van der Waals surface area (Å²) in [6.07, 6.45) is 2.23. The molecule has 1 aromatic rings. The van der Waals surface area contributed by atoms with Crippen molar-refractivity contribution in [3.05, 3.63) is 0 Å². The molecule has 0 bridgehead atoms. The molecule has 1 aliphatic heterocycles. The van der Waals surface area contributed by atoms with Crippen LogP contribution in [-0.2, 0) is 4.74 Å². The van der Waals surface area contributed by atoms with E-state index >= 15 is 0 Å². The maximum absolute atomic E-state index is 5.51. The number of anilines is 2. The predicted octanol–water partition coefficient (Wildman–Crippen LogP) is 1.54. The lowest BCUT2D eigenvalue weighted by atomic mass is 10.1. The second-order valence-corrected chi connectivity index (χ2v) is 5.13. The molecular formula is C13H23N5O2. The number of hydrogen-bond donors (Lipinski definition) is 2. The number of aromatic nitrogens is 3. The summed E-state index contributed by atoms with van der Waals surface area (Å²) in [7, 11) is 1.77. The van der Waals surface area contributed by atoms with Gasteiger partial charge in [0.2, 0.25) is 11.9 Å². The number of hydrogen-bond acceptors (Lipinski definition) is 7. The van der Waals surface area contributed by atoms with Gasteiger partial charge in [-0.2, -0.15) is 15.0 Å². The molecule has 0 radical (unpaired) electrons. The first kappa shape index (κ1) is 14.8. The summed E-state index contributed by atoms with van der Waals surface area (Å²) >= 11 is 0. The van der Waals surface area contributed by atoms with Crippen molar-refractivity contribution in [3.63, 3.8) is 0 Å². The van der Waals surface area contributed by atoms with E-state index in [-0.39, 0.29) is 6.10 Å². The first-order valence-electron chi connectivity index (χ1n) is 7.09. The van der Waals surface area contributed by atoms with Crippen LogP contribution >= 0.6 is 0 Å². The topological polar surface area (TPSA) is 81.2 Å². The molecule has 1 unspecified atom stereocenters. The Balaban J connectivity index is 1.91. The summed E-state index contributed by atoms with van der Waals surface area (Å²) in [5.74, 6) is 1.68. The van der Waals surface area contributed by atoms with E-state index in [1.165, 1.54) is 0 Å². The van der Waals surface area contributed by atoms with E-state index in [9.17, 15) is 0 Å². The van der Waals surface area contributed by atoms with Gasteiger partial charge >= 0.3 is 6.01 Å². The molecule has 0 aliphatic carbocycles. The maximum Gasteiger partial charge on any atom is 0.323 e. The van der Waals surface area contributed by atoms with Crippen molar-refractivity contribution in [1.29, 1.82) is 0 Å². The molecule has 0 amide bonds. The van der Waals surface area contributed by atoms with Crippen molar-refractivity contribution >= 4 is 11.9 Å². The minimum Gasteiger partial charge on any atom is -0.461 e. The second-order valence-electron chi connectivity index (χ2n) is 5.13. The summed E-state index contributed by atoms with van der Waals surface area (Å²) < 4.78 is 10.9. The van der Waals surface area contributed by atoms with E-state index in [1.54, 1.807) is 7.05 Å². The van der Waals surface area contributed by atoms with Gasteiger partial charge < -0.3 is 20.1 Å². The highest BCUT2D eigenvalue weighted by molar-refractivity contribution is 5.35. The van der Waals surface area contributed by atoms with Crippen LogP contribution in [0, 0.1) is 5.92 Å². The minimum absolute atomic E-state index is 0.0330. The van der Waals surface area contributed by atoms with Crippen LogP contribution in [-0.4, -0.2) is 47.9 Å². The minimum atomic E-state index is 0.0330. The van der Waals surface area contributed by atoms with E-state index in [2.05, 4.69) is 25.6 Å². The molecule has 2 rings (SSSR count). The molecule has 1 aliphatic rings. The van der Waals surface area contributed by atoms with Crippen molar-refractivity contribution in [3.8, 4) is 6.01 Å². The van der Waals surface area contributed by atoms with Gasteiger partial charge in [0.05, 0.1) is 6.10 Å². The molecule has 2 N–H and O–H groups in total. The van der Waals surface area contributed by atoms with E-state index in [0.29, 0.717) is 23.8 Å². The van der Waals surface area contributed by atoms with Crippen LogP contribution in [0.25, 0.3) is 0 Å². The smallest absolute Gasteiger partial charge is 0.323 e. The van der Waals surface area contributed by atoms with Gasteiger partial charge in [-0.15, -0.1) is 0 Å². The average Bonchev–Trinajstić information content (AvgIpc) is 2.91. The van der Waals surface area contributed by atoms with Gasteiger partial charge in [0.25, 0.3) is 0 Å². The van der Waals surface area contributed by atoms with E-state index in [0.717, 1.165) is 32.6 Å². The zero-order chi connectivity index (χ0) is 14.4. The lowest BCUT2D eigenvalue weighted by Crippen LogP contribution is -2.15. The zero-order valence-electron chi connectivity index (χ0n) is 12.3. The van der Waals surface area contributed by atoms with E-state index < -0.39 is 0 Å². The Morgan fingerprint density at radius 1 is 1.30 bits per heavy atom. The third-order valence-corrected chi connectivity index (χ3v) is 3.04. The SMILES string of the molecule is CNc1nc(NCCC2CCOC2)nc(OC(C)C)n1. The van der Waals surface area contributed by atoms with E-state index in [4.69, 9.17) is 9.47 Å². The molecular weight excluding hydrogens is 258 g/mol. The molecule has 1 saturated heterocycles. The molecule has 112 valence electrons. The summed E-state index contributed by atoms with van der Waals surface area (Å²) in [5, 5.41) is 6.13. The molecule has 1 fully saturated rings. The molecule has 0 aromatic carbocycles. The van der Waals surface area contributed by atoms with Crippen LogP contribution in [0.15, 0.2) is 0 Å². The Morgan fingerprint density at radius 2 is 2.10 bits per heavy atom. The van der Waals surface area contributed by atoms with Crippen LogP contribution in [0.1, 0.15) is 26.7 Å². The predicted molar refractivity (Wildman–Crippen MR) is 77.2 cm³/mol. The highest BCUT2D eigenvalue weighted by Gasteiger charge is 2.15. The normalized spacial score (nSPS) is 18.3. The van der Waals surface area contributed by atoms with Crippen molar-refractivity contribution in [1.82, 2.24) is 15.0 Å². The standard InChI is InChI=1S/C13H23N5O2/c1-9(2)20-13-17-11(14-3)16-12(18-13)15-6-4-10-5-7-19-8-10/h9-10H,4-8H2,1-3H3,(H2,14,15,16,17,18). The van der Waals surface area contributed by atoms with Crippen LogP contribution in [0.4, 0.5) is 11.9 Å².